The van der Waals surface area contributed by atoms with Gasteiger partial charge in [-0.2, -0.15) is 0 Å². The summed E-state index contributed by atoms with van der Waals surface area (Å²) in [6, 6.07) is 6.41. The zero-order valence-electron chi connectivity index (χ0n) is 15.4. The summed E-state index contributed by atoms with van der Waals surface area (Å²) in [4.78, 5) is 20.2. The van der Waals surface area contributed by atoms with E-state index in [4.69, 9.17) is 0 Å². The first-order valence-corrected chi connectivity index (χ1v) is 10.0. The molecule has 0 saturated carbocycles. The van der Waals surface area contributed by atoms with E-state index < -0.39 is 0 Å². The molecule has 1 amide bonds. The standard InChI is InChI=1S/C20H26FN3OS/c1-14(13-24-9-3-4-10-24)12-22-20(25)19-15(2)23-18(26-19)11-16-5-7-17(21)8-6-16/h5-8,14H,3-4,9-13H2,1-2H3,(H,22,25). The summed E-state index contributed by atoms with van der Waals surface area (Å²) in [5.41, 5.74) is 1.75. The Morgan fingerprint density at radius 1 is 1.31 bits per heavy atom. The van der Waals surface area contributed by atoms with Gasteiger partial charge in [-0.05, 0) is 56.5 Å². The van der Waals surface area contributed by atoms with Gasteiger partial charge in [0, 0.05) is 19.5 Å². The number of aromatic nitrogens is 1. The van der Waals surface area contributed by atoms with E-state index in [2.05, 4.69) is 22.1 Å². The second kappa shape index (κ2) is 8.73. The smallest absolute Gasteiger partial charge is 0.263 e. The quantitative estimate of drug-likeness (QED) is 0.804. The van der Waals surface area contributed by atoms with Crippen molar-refractivity contribution >= 4 is 17.2 Å². The lowest BCUT2D eigenvalue weighted by atomic mass is 10.1. The molecule has 26 heavy (non-hydrogen) atoms. The molecular weight excluding hydrogens is 349 g/mol. The minimum absolute atomic E-state index is 0.0429. The Labute approximate surface area is 158 Å². The van der Waals surface area contributed by atoms with Gasteiger partial charge >= 0.3 is 0 Å². The molecule has 1 fully saturated rings. The van der Waals surface area contributed by atoms with E-state index in [0.29, 0.717) is 23.8 Å². The molecule has 3 rings (SSSR count). The second-order valence-electron chi connectivity index (χ2n) is 7.15. The number of carbonyl (C=O) groups is 1. The Hall–Kier alpha value is -1.79. The van der Waals surface area contributed by atoms with Crippen LogP contribution < -0.4 is 5.32 Å². The van der Waals surface area contributed by atoms with Crippen LogP contribution in [0.2, 0.25) is 0 Å². The molecule has 0 radical (unpaired) electrons. The van der Waals surface area contributed by atoms with Crippen LogP contribution in [-0.4, -0.2) is 42.0 Å². The topological polar surface area (TPSA) is 45.2 Å². The van der Waals surface area contributed by atoms with E-state index in [1.807, 2.05) is 6.92 Å². The minimum atomic E-state index is -0.243. The van der Waals surface area contributed by atoms with Crippen LogP contribution in [0, 0.1) is 18.7 Å². The van der Waals surface area contributed by atoms with Crippen LogP contribution in [-0.2, 0) is 6.42 Å². The van der Waals surface area contributed by atoms with Crippen molar-refractivity contribution in [3.63, 3.8) is 0 Å². The minimum Gasteiger partial charge on any atom is -0.351 e. The maximum atomic E-state index is 13.0. The van der Waals surface area contributed by atoms with Crippen molar-refractivity contribution in [3.05, 3.63) is 51.2 Å². The van der Waals surface area contributed by atoms with Crippen molar-refractivity contribution < 1.29 is 9.18 Å². The van der Waals surface area contributed by atoms with Crippen molar-refractivity contribution in [1.29, 1.82) is 0 Å². The Morgan fingerprint density at radius 3 is 2.69 bits per heavy atom. The number of hydrogen-bond donors (Lipinski definition) is 1. The number of carbonyl (C=O) groups excluding carboxylic acids is 1. The molecular formula is C20H26FN3OS. The maximum Gasteiger partial charge on any atom is 0.263 e. The molecule has 1 saturated heterocycles. The first kappa shape index (κ1) is 19.0. The SMILES string of the molecule is Cc1nc(Cc2ccc(F)cc2)sc1C(=O)NCC(C)CN1CCCC1. The number of benzene rings is 1. The van der Waals surface area contributed by atoms with Gasteiger partial charge in [0.1, 0.15) is 10.7 Å². The highest BCUT2D eigenvalue weighted by Crippen LogP contribution is 2.21. The number of halogens is 1. The lowest BCUT2D eigenvalue weighted by Gasteiger charge is -2.20. The van der Waals surface area contributed by atoms with Crippen LogP contribution in [0.3, 0.4) is 0 Å². The number of amides is 1. The van der Waals surface area contributed by atoms with Crippen molar-refractivity contribution in [2.24, 2.45) is 5.92 Å². The predicted octanol–water partition coefficient (Wildman–Crippen LogP) is 3.64. The molecule has 0 aliphatic carbocycles. The molecule has 1 atom stereocenters. The van der Waals surface area contributed by atoms with E-state index in [9.17, 15) is 9.18 Å². The van der Waals surface area contributed by atoms with Gasteiger partial charge in [0.05, 0.1) is 10.7 Å². The highest BCUT2D eigenvalue weighted by Gasteiger charge is 2.18. The molecule has 1 aliphatic rings. The monoisotopic (exact) mass is 375 g/mol. The highest BCUT2D eigenvalue weighted by molar-refractivity contribution is 7.13. The van der Waals surface area contributed by atoms with Gasteiger partial charge in [-0.3, -0.25) is 4.79 Å². The van der Waals surface area contributed by atoms with E-state index in [1.165, 1.54) is 49.4 Å². The molecule has 4 nitrogen and oxygen atoms in total. The van der Waals surface area contributed by atoms with Crippen LogP contribution in [0.25, 0.3) is 0 Å². The summed E-state index contributed by atoms with van der Waals surface area (Å²) in [7, 11) is 0. The van der Waals surface area contributed by atoms with Gasteiger partial charge in [-0.1, -0.05) is 19.1 Å². The number of rotatable bonds is 7. The zero-order chi connectivity index (χ0) is 18.5. The third-order valence-corrected chi connectivity index (χ3v) is 5.85. The van der Waals surface area contributed by atoms with E-state index >= 15 is 0 Å². The molecule has 1 N–H and O–H groups in total. The lowest BCUT2D eigenvalue weighted by molar-refractivity contribution is 0.0948. The summed E-state index contributed by atoms with van der Waals surface area (Å²) < 4.78 is 13.0. The summed E-state index contributed by atoms with van der Waals surface area (Å²) in [5.74, 6) is 0.148. The summed E-state index contributed by atoms with van der Waals surface area (Å²) in [6.45, 7) is 8.13. The third-order valence-electron chi connectivity index (χ3n) is 4.70. The largest absolute Gasteiger partial charge is 0.351 e. The van der Waals surface area contributed by atoms with Crippen molar-refractivity contribution in [3.8, 4) is 0 Å². The first-order valence-electron chi connectivity index (χ1n) is 9.22. The molecule has 6 heteroatoms. The average Bonchev–Trinajstić information content (AvgIpc) is 3.24. The van der Waals surface area contributed by atoms with Gasteiger partial charge in [0.25, 0.3) is 5.91 Å². The van der Waals surface area contributed by atoms with Crippen LogP contribution in [0.15, 0.2) is 24.3 Å². The van der Waals surface area contributed by atoms with Crippen molar-refractivity contribution in [1.82, 2.24) is 15.2 Å². The lowest BCUT2D eigenvalue weighted by Crippen LogP contribution is -2.34. The number of likely N-dealkylation sites (tertiary alicyclic amines) is 1. The molecule has 1 aromatic heterocycles. The number of nitrogens with zero attached hydrogens (tertiary/aromatic N) is 2. The second-order valence-corrected chi connectivity index (χ2v) is 8.23. The molecule has 1 unspecified atom stereocenters. The predicted molar refractivity (Wildman–Crippen MR) is 103 cm³/mol. The molecule has 0 bridgehead atoms. The Bertz CT molecular complexity index is 738. The van der Waals surface area contributed by atoms with Crippen molar-refractivity contribution in [2.75, 3.05) is 26.2 Å². The normalized spacial score (nSPS) is 16.0. The molecule has 140 valence electrons. The van der Waals surface area contributed by atoms with Crippen LogP contribution >= 0.6 is 11.3 Å². The van der Waals surface area contributed by atoms with Crippen LogP contribution in [0.1, 0.15) is 45.7 Å². The Balaban J connectivity index is 1.53. The molecule has 1 aliphatic heterocycles. The fourth-order valence-corrected chi connectivity index (χ4v) is 4.35. The van der Waals surface area contributed by atoms with Gasteiger partial charge < -0.3 is 10.2 Å². The van der Waals surface area contributed by atoms with E-state index in [0.717, 1.165) is 22.8 Å². The maximum absolute atomic E-state index is 13.0. The third kappa shape index (κ3) is 5.11. The number of aryl methyl sites for hydroxylation is 1. The fraction of sp³-hybridized carbons (Fsp3) is 0.500. The van der Waals surface area contributed by atoms with Crippen LogP contribution in [0.5, 0.6) is 0 Å². The average molecular weight is 376 g/mol. The first-order chi connectivity index (χ1) is 12.5. The highest BCUT2D eigenvalue weighted by atomic mass is 32.1. The zero-order valence-corrected chi connectivity index (χ0v) is 16.2. The van der Waals surface area contributed by atoms with Crippen LogP contribution in [0.4, 0.5) is 4.39 Å². The van der Waals surface area contributed by atoms with Gasteiger partial charge in [0.2, 0.25) is 0 Å². The number of nitrogens with one attached hydrogen (secondary N) is 1. The van der Waals surface area contributed by atoms with E-state index in [1.54, 1.807) is 12.1 Å². The van der Waals surface area contributed by atoms with Gasteiger partial charge in [0.15, 0.2) is 0 Å². The molecule has 2 heterocycles. The summed E-state index contributed by atoms with van der Waals surface area (Å²) >= 11 is 1.42. The number of hydrogen-bond acceptors (Lipinski definition) is 4. The summed E-state index contributed by atoms with van der Waals surface area (Å²) in [5, 5.41) is 3.93. The molecule has 1 aromatic carbocycles. The van der Waals surface area contributed by atoms with Gasteiger partial charge in [-0.15, -0.1) is 11.3 Å². The fourth-order valence-electron chi connectivity index (χ4n) is 3.33. The number of thiazole rings is 1. The summed E-state index contributed by atoms with van der Waals surface area (Å²) in [6.07, 6.45) is 3.19. The van der Waals surface area contributed by atoms with Crippen molar-refractivity contribution in [2.45, 2.75) is 33.1 Å². The molecule has 2 aromatic rings. The Morgan fingerprint density at radius 2 is 2.00 bits per heavy atom. The van der Waals surface area contributed by atoms with E-state index in [-0.39, 0.29) is 11.7 Å². The Kier molecular flexibility index (Phi) is 6.38. The molecule has 0 spiro atoms. The van der Waals surface area contributed by atoms with Gasteiger partial charge in [-0.25, -0.2) is 9.37 Å².